The summed E-state index contributed by atoms with van der Waals surface area (Å²) in [5.41, 5.74) is 0. The van der Waals surface area contributed by atoms with Gasteiger partial charge in [0, 0.05) is 18.3 Å². The molecule has 2 heterocycles. The van der Waals surface area contributed by atoms with Gasteiger partial charge in [-0.15, -0.1) is 0 Å². The number of nitrogens with zero attached hydrogens (tertiary/aromatic N) is 4. The number of hydrogen-bond donors (Lipinski definition) is 1. The Hall–Kier alpha value is -1.34. The van der Waals surface area contributed by atoms with Crippen LogP contribution >= 0.6 is 23.4 Å². The second kappa shape index (κ2) is 5.83. The minimum absolute atomic E-state index is 0.146. The Morgan fingerprint density at radius 2 is 2.29 bits per heavy atom. The minimum Gasteiger partial charge on any atom is -0.440 e. The molecule has 0 unspecified atom stereocenters. The van der Waals surface area contributed by atoms with Crippen molar-refractivity contribution in [1.82, 2.24) is 19.9 Å². The average Bonchev–Trinajstić information content (AvgIpc) is 2.78. The highest BCUT2D eigenvalue weighted by Gasteiger charge is 2.08. The molecule has 0 spiro atoms. The highest BCUT2D eigenvalue weighted by atomic mass is 35.5. The first-order valence-corrected chi connectivity index (χ1v) is 6.20. The summed E-state index contributed by atoms with van der Waals surface area (Å²) >= 11 is 6.99. The third-order valence-corrected chi connectivity index (χ3v) is 2.62. The molecule has 0 saturated heterocycles. The van der Waals surface area contributed by atoms with E-state index in [-0.39, 0.29) is 5.28 Å². The molecule has 2 aromatic rings. The predicted octanol–water partition coefficient (Wildman–Crippen LogP) is 2.49. The smallest absolute Gasteiger partial charge is 0.263 e. The van der Waals surface area contributed by atoms with Gasteiger partial charge in [0.2, 0.25) is 16.4 Å². The fourth-order valence-electron chi connectivity index (χ4n) is 1.03. The molecule has 17 heavy (non-hydrogen) atoms. The lowest BCUT2D eigenvalue weighted by Crippen LogP contribution is -2.06. The molecule has 6 nitrogen and oxygen atoms in total. The zero-order valence-electron chi connectivity index (χ0n) is 9.05. The molecule has 8 heteroatoms. The Morgan fingerprint density at radius 3 is 3.00 bits per heavy atom. The van der Waals surface area contributed by atoms with Crippen molar-refractivity contribution >= 4 is 29.3 Å². The van der Waals surface area contributed by atoms with Crippen LogP contribution in [0.3, 0.4) is 0 Å². The van der Waals surface area contributed by atoms with Crippen molar-refractivity contribution in [3.05, 3.63) is 17.7 Å². The van der Waals surface area contributed by atoms with Gasteiger partial charge >= 0.3 is 0 Å². The first-order valence-electron chi connectivity index (χ1n) is 5.00. The van der Waals surface area contributed by atoms with Crippen LogP contribution in [0.25, 0.3) is 0 Å². The Kier molecular flexibility index (Phi) is 4.16. The lowest BCUT2D eigenvalue weighted by atomic mass is 10.5. The van der Waals surface area contributed by atoms with Gasteiger partial charge in [0.05, 0.1) is 6.20 Å². The van der Waals surface area contributed by atoms with Crippen molar-refractivity contribution in [2.45, 2.75) is 23.7 Å². The van der Waals surface area contributed by atoms with Gasteiger partial charge in [-0.05, 0) is 18.0 Å². The van der Waals surface area contributed by atoms with E-state index >= 15 is 0 Å². The monoisotopic (exact) mass is 271 g/mol. The van der Waals surface area contributed by atoms with E-state index < -0.39 is 0 Å². The van der Waals surface area contributed by atoms with Crippen LogP contribution in [-0.4, -0.2) is 26.5 Å². The van der Waals surface area contributed by atoms with E-state index in [0.717, 1.165) is 13.0 Å². The zero-order valence-corrected chi connectivity index (χ0v) is 10.6. The predicted molar refractivity (Wildman–Crippen MR) is 64.2 cm³/mol. The standard InChI is InChI=1S/C9H10ClN5OS/c1-2-3-11-7-13-6(10)14-8(15-7)17-9-12-4-5-16-9/h4-5H,2-3H2,1H3,(H,11,13,14,15). The fourth-order valence-corrected chi connectivity index (χ4v) is 1.88. The SMILES string of the molecule is CCCNc1nc(Cl)nc(Sc2ncco2)n1. The Morgan fingerprint density at radius 1 is 1.41 bits per heavy atom. The van der Waals surface area contributed by atoms with Crippen LogP contribution in [0.5, 0.6) is 0 Å². The summed E-state index contributed by atoms with van der Waals surface area (Å²) < 4.78 is 5.09. The lowest BCUT2D eigenvalue weighted by Gasteiger charge is -2.03. The topological polar surface area (TPSA) is 76.7 Å². The van der Waals surface area contributed by atoms with E-state index in [2.05, 4.69) is 32.2 Å². The van der Waals surface area contributed by atoms with E-state index in [9.17, 15) is 0 Å². The number of aromatic nitrogens is 4. The summed E-state index contributed by atoms with van der Waals surface area (Å²) in [5.74, 6) is 0.459. The van der Waals surface area contributed by atoms with Crippen molar-refractivity contribution in [3.63, 3.8) is 0 Å². The van der Waals surface area contributed by atoms with E-state index in [1.165, 1.54) is 18.0 Å². The number of nitrogens with one attached hydrogen (secondary N) is 1. The van der Waals surface area contributed by atoms with Crippen LogP contribution in [-0.2, 0) is 0 Å². The second-order valence-electron chi connectivity index (χ2n) is 3.04. The molecule has 0 saturated carbocycles. The molecule has 0 atom stereocenters. The van der Waals surface area contributed by atoms with Gasteiger partial charge in [-0.1, -0.05) is 6.92 Å². The molecule has 0 bridgehead atoms. The quantitative estimate of drug-likeness (QED) is 0.895. The molecular weight excluding hydrogens is 262 g/mol. The maximum absolute atomic E-state index is 5.80. The molecule has 0 aromatic carbocycles. The maximum Gasteiger partial charge on any atom is 0.263 e. The molecule has 2 aromatic heterocycles. The molecule has 0 aliphatic heterocycles. The van der Waals surface area contributed by atoms with Gasteiger partial charge in [0.25, 0.3) is 5.22 Å². The molecule has 0 fully saturated rings. The van der Waals surface area contributed by atoms with Gasteiger partial charge < -0.3 is 9.73 Å². The molecule has 0 radical (unpaired) electrons. The van der Waals surface area contributed by atoms with Crippen LogP contribution in [0.4, 0.5) is 5.95 Å². The van der Waals surface area contributed by atoms with Crippen molar-refractivity contribution < 1.29 is 4.42 Å². The van der Waals surface area contributed by atoms with E-state index in [1.807, 2.05) is 0 Å². The Labute approximate surface area is 107 Å². The lowest BCUT2D eigenvalue weighted by molar-refractivity contribution is 0.453. The summed E-state index contributed by atoms with van der Waals surface area (Å²) in [4.78, 5) is 16.1. The van der Waals surface area contributed by atoms with E-state index in [4.69, 9.17) is 16.0 Å². The summed E-state index contributed by atoms with van der Waals surface area (Å²) in [6, 6.07) is 0. The van der Waals surface area contributed by atoms with Crippen LogP contribution in [0, 0.1) is 0 Å². The fraction of sp³-hybridized carbons (Fsp3) is 0.333. The zero-order chi connectivity index (χ0) is 12.1. The summed E-state index contributed by atoms with van der Waals surface area (Å²) in [6.45, 7) is 2.83. The van der Waals surface area contributed by atoms with Crippen molar-refractivity contribution in [2.24, 2.45) is 0 Å². The summed E-state index contributed by atoms with van der Waals surface area (Å²) in [6.07, 6.45) is 4.02. The number of anilines is 1. The van der Waals surface area contributed by atoms with Crippen LogP contribution in [0.15, 0.2) is 27.3 Å². The van der Waals surface area contributed by atoms with Gasteiger partial charge in [-0.25, -0.2) is 4.98 Å². The van der Waals surface area contributed by atoms with Gasteiger partial charge in [0.15, 0.2) is 0 Å². The largest absolute Gasteiger partial charge is 0.440 e. The van der Waals surface area contributed by atoms with Crippen LogP contribution < -0.4 is 5.32 Å². The maximum atomic E-state index is 5.80. The van der Waals surface area contributed by atoms with Gasteiger partial charge in [-0.3, -0.25) is 0 Å². The van der Waals surface area contributed by atoms with Crippen LogP contribution in [0.1, 0.15) is 13.3 Å². The second-order valence-corrected chi connectivity index (χ2v) is 4.29. The summed E-state index contributed by atoms with van der Waals surface area (Å²) in [7, 11) is 0. The Balaban J connectivity index is 2.13. The third-order valence-electron chi connectivity index (χ3n) is 1.71. The molecule has 2 rings (SSSR count). The summed E-state index contributed by atoms with van der Waals surface area (Å²) in [5, 5.41) is 4.11. The highest BCUT2D eigenvalue weighted by molar-refractivity contribution is 7.98. The molecule has 0 aliphatic rings. The first kappa shape index (κ1) is 12.1. The number of oxazole rings is 1. The highest BCUT2D eigenvalue weighted by Crippen LogP contribution is 2.23. The number of rotatable bonds is 5. The van der Waals surface area contributed by atoms with Gasteiger partial charge in [0.1, 0.15) is 6.26 Å². The van der Waals surface area contributed by atoms with Crippen molar-refractivity contribution in [1.29, 1.82) is 0 Å². The first-order chi connectivity index (χ1) is 8.28. The molecule has 1 N–H and O–H groups in total. The van der Waals surface area contributed by atoms with E-state index in [0.29, 0.717) is 16.3 Å². The average molecular weight is 272 g/mol. The molecule has 90 valence electrons. The molecule has 0 amide bonds. The van der Waals surface area contributed by atoms with Gasteiger partial charge in [-0.2, -0.15) is 15.0 Å². The normalized spacial score (nSPS) is 10.5. The third kappa shape index (κ3) is 3.57. The van der Waals surface area contributed by atoms with Crippen molar-refractivity contribution in [2.75, 3.05) is 11.9 Å². The number of hydrogen-bond acceptors (Lipinski definition) is 7. The minimum atomic E-state index is 0.146. The van der Waals surface area contributed by atoms with Crippen LogP contribution in [0.2, 0.25) is 5.28 Å². The number of halogens is 1. The Bertz CT molecular complexity index is 478. The molecule has 0 aliphatic carbocycles. The van der Waals surface area contributed by atoms with E-state index in [1.54, 1.807) is 6.20 Å². The molecular formula is C9H10ClN5OS. The van der Waals surface area contributed by atoms with Crippen molar-refractivity contribution in [3.8, 4) is 0 Å².